The molecular weight excluding hydrogens is 306 g/mol. The van der Waals surface area contributed by atoms with E-state index in [9.17, 15) is 0 Å². The molecule has 24 heavy (non-hydrogen) atoms. The topological polar surface area (TPSA) is 70.3 Å². The highest BCUT2D eigenvalue weighted by Crippen LogP contribution is 2.18. The molecule has 0 spiro atoms. The van der Waals surface area contributed by atoms with Crippen LogP contribution in [0.3, 0.4) is 0 Å². The fourth-order valence-electron chi connectivity index (χ4n) is 2.20. The second-order valence-electron chi connectivity index (χ2n) is 5.38. The zero-order valence-corrected chi connectivity index (χ0v) is 13.7. The van der Waals surface area contributed by atoms with Gasteiger partial charge in [0.25, 0.3) is 5.89 Å². The van der Waals surface area contributed by atoms with E-state index < -0.39 is 0 Å². The summed E-state index contributed by atoms with van der Waals surface area (Å²) in [7, 11) is 1.65. The third kappa shape index (κ3) is 4.17. The van der Waals surface area contributed by atoms with Gasteiger partial charge in [0, 0.05) is 18.8 Å². The van der Waals surface area contributed by atoms with Crippen LogP contribution in [-0.2, 0) is 17.8 Å². The summed E-state index contributed by atoms with van der Waals surface area (Å²) in [5.74, 6) is 1.94. The van der Waals surface area contributed by atoms with E-state index in [-0.39, 0.29) is 6.10 Å². The van der Waals surface area contributed by atoms with E-state index in [2.05, 4.69) is 15.1 Å². The Kier molecular flexibility index (Phi) is 5.18. The van der Waals surface area contributed by atoms with Gasteiger partial charge < -0.3 is 14.0 Å². The van der Waals surface area contributed by atoms with Crippen molar-refractivity contribution in [2.24, 2.45) is 0 Å². The highest BCUT2D eigenvalue weighted by molar-refractivity contribution is 5.28. The third-order valence-electron chi connectivity index (χ3n) is 3.60. The number of nitrogens with zero attached hydrogens (tertiary/aromatic N) is 3. The lowest BCUT2D eigenvalue weighted by atomic mass is 10.1. The Morgan fingerprint density at radius 2 is 1.79 bits per heavy atom. The predicted molar refractivity (Wildman–Crippen MR) is 87.5 cm³/mol. The van der Waals surface area contributed by atoms with Crippen LogP contribution in [0.4, 0.5) is 0 Å². The summed E-state index contributed by atoms with van der Waals surface area (Å²) in [4.78, 5) is 8.39. The lowest BCUT2D eigenvalue weighted by Crippen LogP contribution is -2.01. The number of rotatable bonds is 7. The molecule has 1 aromatic carbocycles. The van der Waals surface area contributed by atoms with E-state index in [4.69, 9.17) is 14.0 Å². The maximum absolute atomic E-state index is 5.77. The summed E-state index contributed by atoms with van der Waals surface area (Å²) in [6.45, 7) is 2.37. The highest BCUT2D eigenvalue weighted by atomic mass is 16.5. The number of hydrogen-bond donors (Lipinski definition) is 0. The van der Waals surface area contributed by atoms with E-state index in [1.165, 1.54) is 0 Å². The molecule has 2 aromatic heterocycles. The van der Waals surface area contributed by atoms with Gasteiger partial charge in [0.1, 0.15) is 11.9 Å². The van der Waals surface area contributed by atoms with Crippen molar-refractivity contribution in [2.45, 2.75) is 26.1 Å². The minimum atomic E-state index is -0.268. The van der Waals surface area contributed by atoms with E-state index in [1.807, 2.05) is 43.3 Å². The number of aromatic nitrogens is 3. The molecule has 0 amide bonds. The van der Waals surface area contributed by atoms with Crippen LogP contribution in [-0.4, -0.2) is 22.2 Å². The normalized spacial score (nSPS) is 12.1. The Labute approximate surface area is 140 Å². The smallest absolute Gasteiger partial charge is 0.255 e. The fourth-order valence-corrected chi connectivity index (χ4v) is 2.20. The standard InChI is InChI=1S/C18H19N3O3/c1-13(23-12-15-7-9-19-10-8-15)18-20-17(21-24-18)11-14-3-5-16(22-2)6-4-14/h3-10,13H,11-12H2,1-2H3. The molecule has 6 heteroatoms. The lowest BCUT2D eigenvalue weighted by molar-refractivity contribution is 0.0307. The zero-order chi connectivity index (χ0) is 16.8. The van der Waals surface area contributed by atoms with Crippen molar-refractivity contribution in [3.8, 4) is 5.75 Å². The van der Waals surface area contributed by atoms with E-state index in [0.717, 1.165) is 16.9 Å². The predicted octanol–water partition coefficient (Wildman–Crippen LogP) is 3.34. The molecule has 0 radical (unpaired) electrons. The van der Waals surface area contributed by atoms with Gasteiger partial charge in [-0.1, -0.05) is 17.3 Å². The van der Waals surface area contributed by atoms with Crippen LogP contribution in [0, 0.1) is 0 Å². The largest absolute Gasteiger partial charge is 0.497 e. The summed E-state index contributed by atoms with van der Waals surface area (Å²) in [5.41, 5.74) is 2.14. The first-order valence-corrected chi connectivity index (χ1v) is 7.70. The summed E-state index contributed by atoms with van der Waals surface area (Å²) >= 11 is 0. The molecule has 0 fully saturated rings. The number of hydrogen-bond acceptors (Lipinski definition) is 6. The Morgan fingerprint density at radius 1 is 1.04 bits per heavy atom. The van der Waals surface area contributed by atoms with Crippen molar-refractivity contribution >= 4 is 0 Å². The van der Waals surface area contributed by atoms with Gasteiger partial charge in [-0.2, -0.15) is 4.98 Å². The zero-order valence-electron chi connectivity index (χ0n) is 13.7. The Bertz CT molecular complexity index is 757. The molecule has 3 aromatic rings. The second-order valence-corrected chi connectivity index (χ2v) is 5.38. The summed E-state index contributed by atoms with van der Waals surface area (Å²) in [5, 5.41) is 4.02. The highest BCUT2D eigenvalue weighted by Gasteiger charge is 2.15. The Balaban J connectivity index is 1.57. The molecule has 3 rings (SSSR count). The minimum Gasteiger partial charge on any atom is -0.497 e. The molecule has 124 valence electrons. The molecule has 0 N–H and O–H groups in total. The molecule has 0 saturated carbocycles. The van der Waals surface area contributed by atoms with Crippen LogP contribution < -0.4 is 4.74 Å². The van der Waals surface area contributed by atoms with Crippen LogP contribution in [0.25, 0.3) is 0 Å². The van der Waals surface area contributed by atoms with Gasteiger partial charge in [0.05, 0.1) is 13.7 Å². The van der Waals surface area contributed by atoms with Gasteiger partial charge in [0.15, 0.2) is 5.82 Å². The first kappa shape index (κ1) is 16.1. The molecule has 1 atom stereocenters. The van der Waals surface area contributed by atoms with Crippen molar-refractivity contribution in [1.29, 1.82) is 0 Å². The maximum Gasteiger partial charge on any atom is 0.255 e. The monoisotopic (exact) mass is 325 g/mol. The second kappa shape index (κ2) is 7.70. The molecule has 0 bridgehead atoms. The van der Waals surface area contributed by atoms with Gasteiger partial charge >= 0.3 is 0 Å². The molecule has 1 unspecified atom stereocenters. The quantitative estimate of drug-likeness (QED) is 0.663. The number of pyridine rings is 1. The first-order valence-electron chi connectivity index (χ1n) is 7.70. The van der Waals surface area contributed by atoms with E-state index in [0.29, 0.717) is 24.7 Å². The molecular formula is C18H19N3O3. The van der Waals surface area contributed by atoms with Crippen LogP contribution >= 0.6 is 0 Å². The number of methoxy groups -OCH3 is 1. The van der Waals surface area contributed by atoms with Crippen LogP contribution in [0.2, 0.25) is 0 Å². The Hall–Kier alpha value is -2.73. The van der Waals surface area contributed by atoms with Crippen LogP contribution in [0.1, 0.15) is 35.9 Å². The average molecular weight is 325 g/mol. The van der Waals surface area contributed by atoms with Crippen LogP contribution in [0.15, 0.2) is 53.3 Å². The average Bonchev–Trinajstić information content (AvgIpc) is 3.10. The minimum absolute atomic E-state index is 0.268. The molecule has 0 aliphatic carbocycles. The number of ether oxygens (including phenoxy) is 2. The van der Waals surface area contributed by atoms with Crippen molar-refractivity contribution < 1.29 is 14.0 Å². The Morgan fingerprint density at radius 3 is 2.50 bits per heavy atom. The lowest BCUT2D eigenvalue weighted by Gasteiger charge is -2.08. The first-order chi connectivity index (χ1) is 11.7. The molecule has 2 heterocycles. The maximum atomic E-state index is 5.77. The van der Waals surface area contributed by atoms with Crippen molar-refractivity contribution in [2.75, 3.05) is 7.11 Å². The van der Waals surface area contributed by atoms with Crippen molar-refractivity contribution in [3.63, 3.8) is 0 Å². The third-order valence-corrected chi connectivity index (χ3v) is 3.60. The summed E-state index contributed by atoms with van der Waals surface area (Å²) < 4.78 is 16.2. The van der Waals surface area contributed by atoms with Crippen molar-refractivity contribution in [1.82, 2.24) is 15.1 Å². The van der Waals surface area contributed by atoms with Gasteiger partial charge in [-0.3, -0.25) is 4.98 Å². The van der Waals surface area contributed by atoms with Crippen molar-refractivity contribution in [3.05, 3.63) is 71.6 Å². The molecule has 0 aliphatic rings. The van der Waals surface area contributed by atoms with Gasteiger partial charge in [-0.25, -0.2) is 0 Å². The van der Waals surface area contributed by atoms with Gasteiger partial charge in [0.2, 0.25) is 0 Å². The summed E-state index contributed by atoms with van der Waals surface area (Å²) in [6, 6.07) is 11.6. The summed E-state index contributed by atoms with van der Waals surface area (Å²) in [6.07, 6.45) is 3.81. The molecule has 0 saturated heterocycles. The van der Waals surface area contributed by atoms with E-state index in [1.54, 1.807) is 19.5 Å². The van der Waals surface area contributed by atoms with Gasteiger partial charge in [-0.05, 0) is 42.3 Å². The molecule has 0 aliphatic heterocycles. The molecule has 6 nitrogen and oxygen atoms in total. The number of benzene rings is 1. The SMILES string of the molecule is COc1ccc(Cc2noc(C(C)OCc3ccncc3)n2)cc1. The van der Waals surface area contributed by atoms with E-state index >= 15 is 0 Å². The van der Waals surface area contributed by atoms with Crippen LogP contribution in [0.5, 0.6) is 5.75 Å². The van der Waals surface area contributed by atoms with Gasteiger partial charge in [-0.15, -0.1) is 0 Å². The fraction of sp³-hybridized carbons (Fsp3) is 0.278.